The number of aryl methyl sites for hydroxylation is 1. The highest BCUT2D eigenvalue weighted by Crippen LogP contribution is 2.22. The van der Waals surface area contributed by atoms with Crippen molar-refractivity contribution in [2.24, 2.45) is 0 Å². The van der Waals surface area contributed by atoms with E-state index in [-0.39, 0.29) is 12.0 Å². The van der Waals surface area contributed by atoms with Crippen LogP contribution in [0.1, 0.15) is 40.7 Å². The first-order chi connectivity index (χ1) is 11.7. The van der Waals surface area contributed by atoms with E-state index < -0.39 is 0 Å². The summed E-state index contributed by atoms with van der Waals surface area (Å²) < 4.78 is 0. The Morgan fingerprint density at radius 3 is 2.88 bits per heavy atom. The van der Waals surface area contributed by atoms with Gasteiger partial charge in [-0.05, 0) is 30.9 Å². The number of aliphatic hydroxyl groups is 1. The number of nitrogens with one attached hydrogen (secondary N) is 1. The molecule has 1 fully saturated rings. The Kier molecular flexibility index (Phi) is 5.60. The van der Waals surface area contributed by atoms with Crippen LogP contribution in [-0.4, -0.2) is 40.1 Å². The number of benzene rings is 1. The van der Waals surface area contributed by atoms with Crippen molar-refractivity contribution in [1.82, 2.24) is 9.88 Å². The highest BCUT2D eigenvalue weighted by Gasteiger charge is 2.19. The molecule has 0 radical (unpaired) electrons. The molecule has 1 aliphatic heterocycles. The minimum Gasteiger partial charge on any atom is -0.393 e. The van der Waals surface area contributed by atoms with Crippen molar-refractivity contribution in [3.63, 3.8) is 0 Å². The molecule has 1 aliphatic rings. The largest absolute Gasteiger partial charge is 0.393 e. The van der Waals surface area contributed by atoms with E-state index in [1.54, 1.807) is 5.51 Å². The summed E-state index contributed by atoms with van der Waals surface area (Å²) in [6, 6.07) is 7.92. The number of piperidine rings is 1. The topological polar surface area (TPSA) is 65.5 Å². The number of amides is 1. The Bertz CT molecular complexity index is 693. The third-order valence-electron chi connectivity index (χ3n) is 4.40. The number of aromatic nitrogens is 1. The number of para-hydroxylation sites is 1. The zero-order valence-electron chi connectivity index (χ0n) is 13.9. The van der Waals surface area contributed by atoms with Gasteiger partial charge in [0.2, 0.25) is 0 Å². The Morgan fingerprint density at radius 2 is 2.12 bits per heavy atom. The molecule has 0 unspecified atom stereocenters. The van der Waals surface area contributed by atoms with Gasteiger partial charge >= 0.3 is 0 Å². The molecule has 0 saturated carbocycles. The van der Waals surface area contributed by atoms with Crippen LogP contribution in [0.15, 0.2) is 29.8 Å². The van der Waals surface area contributed by atoms with Crippen LogP contribution in [0.4, 0.5) is 5.69 Å². The lowest BCUT2D eigenvalue weighted by Crippen LogP contribution is -2.35. The van der Waals surface area contributed by atoms with Crippen LogP contribution in [0.2, 0.25) is 0 Å². The lowest BCUT2D eigenvalue weighted by atomic mass is 10.1. The number of carbonyl (C=O) groups is 1. The molecule has 2 N–H and O–H groups in total. The molecule has 0 spiro atoms. The number of aliphatic hydroxyl groups excluding tert-OH is 1. The maximum Gasteiger partial charge on any atom is 0.267 e. The van der Waals surface area contributed by atoms with Crippen molar-refractivity contribution in [2.75, 3.05) is 18.4 Å². The fourth-order valence-electron chi connectivity index (χ4n) is 2.98. The zero-order chi connectivity index (χ0) is 16.9. The van der Waals surface area contributed by atoms with Crippen LogP contribution in [0, 0.1) is 0 Å². The molecule has 6 heteroatoms. The number of rotatable bonds is 5. The number of likely N-dealkylation sites (tertiary alicyclic amines) is 1. The molecule has 0 aliphatic carbocycles. The number of hydrogen-bond acceptors (Lipinski definition) is 5. The molecule has 1 saturated heterocycles. The Morgan fingerprint density at radius 1 is 1.38 bits per heavy atom. The van der Waals surface area contributed by atoms with Crippen molar-refractivity contribution >= 4 is 22.9 Å². The predicted octanol–water partition coefficient (Wildman–Crippen LogP) is 2.91. The van der Waals surface area contributed by atoms with E-state index in [9.17, 15) is 9.90 Å². The van der Waals surface area contributed by atoms with E-state index >= 15 is 0 Å². The number of anilines is 1. The van der Waals surface area contributed by atoms with Gasteiger partial charge in [0, 0.05) is 25.3 Å². The molecule has 0 bridgehead atoms. The molecule has 0 atom stereocenters. The van der Waals surface area contributed by atoms with E-state index in [1.807, 2.05) is 31.2 Å². The zero-order valence-corrected chi connectivity index (χ0v) is 14.7. The molecule has 3 rings (SSSR count). The second-order valence-electron chi connectivity index (χ2n) is 6.10. The van der Waals surface area contributed by atoms with Gasteiger partial charge in [0.15, 0.2) is 0 Å². The maximum absolute atomic E-state index is 12.6. The molecule has 24 heavy (non-hydrogen) atoms. The monoisotopic (exact) mass is 345 g/mol. The molecule has 1 aromatic carbocycles. The summed E-state index contributed by atoms with van der Waals surface area (Å²) in [7, 11) is 0. The highest BCUT2D eigenvalue weighted by atomic mass is 32.1. The number of thiazole rings is 1. The molecular formula is C18H23N3O2S. The minimum atomic E-state index is -0.171. The second-order valence-corrected chi connectivity index (χ2v) is 6.96. The van der Waals surface area contributed by atoms with Gasteiger partial charge in [-0.3, -0.25) is 9.69 Å². The van der Waals surface area contributed by atoms with E-state index in [0.717, 1.165) is 55.8 Å². The van der Waals surface area contributed by atoms with Crippen molar-refractivity contribution in [3.05, 3.63) is 45.9 Å². The third-order valence-corrected chi connectivity index (χ3v) is 5.27. The molecule has 1 amide bonds. The SMILES string of the molecule is CCc1ncsc1C(=O)Nc1ccccc1CN1CCC(O)CC1. The summed E-state index contributed by atoms with van der Waals surface area (Å²) in [5, 5.41) is 12.7. The van der Waals surface area contributed by atoms with Crippen LogP contribution >= 0.6 is 11.3 Å². The smallest absolute Gasteiger partial charge is 0.267 e. The van der Waals surface area contributed by atoms with E-state index in [1.165, 1.54) is 11.3 Å². The van der Waals surface area contributed by atoms with Gasteiger partial charge in [-0.2, -0.15) is 0 Å². The Hall–Kier alpha value is -1.76. The van der Waals surface area contributed by atoms with Crippen LogP contribution in [-0.2, 0) is 13.0 Å². The van der Waals surface area contributed by atoms with Crippen LogP contribution in [0.3, 0.4) is 0 Å². The standard InChI is InChI=1S/C18H23N3O2S/c1-2-15-17(24-12-19-15)18(23)20-16-6-4-3-5-13(16)11-21-9-7-14(22)8-10-21/h3-6,12,14,22H,2,7-11H2,1H3,(H,20,23). The van der Waals surface area contributed by atoms with E-state index in [0.29, 0.717) is 4.88 Å². The summed E-state index contributed by atoms with van der Waals surface area (Å²) >= 11 is 1.38. The molecule has 5 nitrogen and oxygen atoms in total. The lowest BCUT2D eigenvalue weighted by molar-refractivity contribution is 0.0793. The molecule has 2 heterocycles. The van der Waals surface area contributed by atoms with Gasteiger partial charge in [-0.1, -0.05) is 25.1 Å². The molecule has 2 aromatic rings. The van der Waals surface area contributed by atoms with Gasteiger partial charge in [0.1, 0.15) is 4.88 Å². The van der Waals surface area contributed by atoms with Gasteiger partial charge in [-0.15, -0.1) is 11.3 Å². The average molecular weight is 345 g/mol. The molecule has 1 aromatic heterocycles. The number of carbonyl (C=O) groups excluding carboxylic acids is 1. The maximum atomic E-state index is 12.6. The summed E-state index contributed by atoms with van der Waals surface area (Å²) in [4.78, 5) is 19.8. The fraction of sp³-hybridized carbons (Fsp3) is 0.444. The van der Waals surface area contributed by atoms with Crippen LogP contribution in [0.5, 0.6) is 0 Å². The van der Waals surface area contributed by atoms with E-state index in [4.69, 9.17) is 0 Å². The summed E-state index contributed by atoms with van der Waals surface area (Å²) in [5.74, 6) is -0.0872. The van der Waals surface area contributed by atoms with Gasteiger partial charge in [0.05, 0.1) is 17.3 Å². The quantitative estimate of drug-likeness (QED) is 0.874. The molecular weight excluding hydrogens is 322 g/mol. The third kappa shape index (κ3) is 4.01. The van der Waals surface area contributed by atoms with E-state index in [2.05, 4.69) is 15.2 Å². The van der Waals surface area contributed by atoms with Gasteiger partial charge < -0.3 is 10.4 Å². The normalized spacial score (nSPS) is 16.2. The second kappa shape index (κ2) is 7.88. The predicted molar refractivity (Wildman–Crippen MR) is 96.4 cm³/mol. The number of hydrogen-bond donors (Lipinski definition) is 2. The van der Waals surface area contributed by atoms with Crippen LogP contribution < -0.4 is 5.32 Å². The van der Waals surface area contributed by atoms with Crippen molar-refractivity contribution in [1.29, 1.82) is 0 Å². The number of nitrogens with zero attached hydrogens (tertiary/aromatic N) is 2. The van der Waals surface area contributed by atoms with Crippen molar-refractivity contribution < 1.29 is 9.90 Å². The van der Waals surface area contributed by atoms with Gasteiger partial charge in [-0.25, -0.2) is 4.98 Å². The van der Waals surface area contributed by atoms with Crippen molar-refractivity contribution in [2.45, 2.75) is 38.8 Å². The highest BCUT2D eigenvalue weighted by molar-refractivity contribution is 7.12. The average Bonchev–Trinajstić information content (AvgIpc) is 3.07. The summed E-state index contributed by atoms with van der Waals surface area (Å²) in [5.41, 5.74) is 4.52. The van der Waals surface area contributed by atoms with Crippen LogP contribution in [0.25, 0.3) is 0 Å². The minimum absolute atomic E-state index is 0.0872. The van der Waals surface area contributed by atoms with Gasteiger partial charge in [0.25, 0.3) is 5.91 Å². The Labute approximate surface area is 146 Å². The lowest BCUT2D eigenvalue weighted by Gasteiger charge is -2.30. The first-order valence-electron chi connectivity index (χ1n) is 8.39. The fourth-order valence-corrected chi connectivity index (χ4v) is 3.76. The molecule has 128 valence electrons. The summed E-state index contributed by atoms with van der Waals surface area (Å²) in [6.07, 6.45) is 2.21. The summed E-state index contributed by atoms with van der Waals surface area (Å²) in [6.45, 7) is 4.56. The van der Waals surface area contributed by atoms with Crippen molar-refractivity contribution in [3.8, 4) is 0 Å². The Balaban J connectivity index is 1.71. The first kappa shape index (κ1) is 17.1. The first-order valence-corrected chi connectivity index (χ1v) is 9.27.